The van der Waals surface area contributed by atoms with Crippen LogP contribution in [0.3, 0.4) is 0 Å². The molecular weight excluding hydrogens is 391 g/mol. The van der Waals surface area contributed by atoms with Gasteiger partial charge < -0.3 is 9.74 Å². The number of hydrogen-bond donors (Lipinski definition) is 0. The lowest BCUT2D eigenvalue weighted by Gasteiger charge is -2.27. The van der Waals surface area contributed by atoms with E-state index in [4.69, 9.17) is 16.4 Å². The second kappa shape index (κ2) is 8.95. The monoisotopic (exact) mass is 414 g/mol. The van der Waals surface area contributed by atoms with Crippen LogP contribution in [0.5, 0.6) is 0 Å². The average molecular weight is 415 g/mol. The minimum absolute atomic E-state index is 0.0718. The molecule has 152 valence electrons. The van der Waals surface area contributed by atoms with Gasteiger partial charge in [0.25, 0.3) is 0 Å². The summed E-state index contributed by atoms with van der Waals surface area (Å²) in [5.41, 5.74) is 2.03. The van der Waals surface area contributed by atoms with E-state index in [1.54, 1.807) is 18.2 Å². The summed E-state index contributed by atoms with van der Waals surface area (Å²) in [6.45, 7) is 0.897. The van der Waals surface area contributed by atoms with Crippen molar-refractivity contribution in [1.82, 2.24) is 4.90 Å². The first-order chi connectivity index (χ1) is 14.1. The normalized spacial score (nSPS) is 19.1. The fraction of sp³-hybridized carbons (Fsp3) is 0.391. The third-order valence-corrected chi connectivity index (χ3v) is 5.86. The van der Waals surface area contributed by atoms with Crippen molar-refractivity contribution < 1.29 is 14.0 Å². The van der Waals surface area contributed by atoms with Crippen molar-refractivity contribution in [3.05, 3.63) is 70.5 Å². The van der Waals surface area contributed by atoms with Crippen LogP contribution in [0.1, 0.15) is 43.2 Å². The second-order valence-electron chi connectivity index (χ2n) is 7.78. The minimum Gasteiger partial charge on any atom is -0.390 e. The zero-order chi connectivity index (χ0) is 20.2. The predicted molar refractivity (Wildman–Crippen MR) is 111 cm³/mol. The van der Waals surface area contributed by atoms with Crippen molar-refractivity contribution in [2.75, 3.05) is 6.54 Å². The van der Waals surface area contributed by atoms with Gasteiger partial charge in [0.2, 0.25) is 5.91 Å². The minimum atomic E-state index is -0.312. The molecule has 2 aliphatic rings. The highest BCUT2D eigenvalue weighted by molar-refractivity contribution is 6.30. The summed E-state index contributed by atoms with van der Waals surface area (Å²) >= 11 is 6.13. The third kappa shape index (κ3) is 4.78. The van der Waals surface area contributed by atoms with Crippen LogP contribution < -0.4 is 0 Å². The highest BCUT2D eigenvalue weighted by atomic mass is 35.5. The predicted octanol–water partition coefficient (Wildman–Crippen LogP) is 5.19. The fourth-order valence-electron chi connectivity index (χ4n) is 4.15. The largest absolute Gasteiger partial charge is 0.390 e. The zero-order valence-corrected chi connectivity index (χ0v) is 16.9. The Morgan fingerprint density at radius 1 is 1.17 bits per heavy atom. The zero-order valence-electron chi connectivity index (χ0n) is 16.2. The molecule has 0 spiro atoms. The Morgan fingerprint density at radius 2 is 1.97 bits per heavy atom. The standard InChI is InChI=1S/C23H24ClFN2O2/c24-18-9-5-6-16(12-18)14-27(23(28)17-7-1-2-8-17)15-19-13-22(26-29-19)20-10-3-4-11-21(20)25/h3-6,9-12,17,19H,1-2,7-8,13-15H2. The van der Waals surface area contributed by atoms with Crippen LogP contribution in [-0.4, -0.2) is 29.2 Å². The molecule has 1 heterocycles. The highest BCUT2D eigenvalue weighted by Crippen LogP contribution is 2.28. The van der Waals surface area contributed by atoms with Gasteiger partial charge in [0.05, 0.1) is 12.3 Å². The van der Waals surface area contributed by atoms with Crippen molar-refractivity contribution in [3.8, 4) is 0 Å². The van der Waals surface area contributed by atoms with Gasteiger partial charge in [-0.1, -0.05) is 59.9 Å². The van der Waals surface area contributed by atoms with Gasteiger partial charge in [-0.25, -0.2) is 4.39 Å². The molecule has 6 heteroatoms. The van der Waals surface area contributed by atoms with Gasteiger partial charge >= 0.3 is 0 Å². The van der Waals surface area contributed by atoms with E-state index in [0.717, 1.165) is 31.2 Å². The summed E-state index contributed by atoms with van der Waals surface area (Å²) in [6.07, 6.45) is 4.27. The number of nitrogens with zero attached hydrogens (tertiary/aromatic N) is 2. The molecule has 0 aromatic heterocycles. The summed E-state index contributed by atoms with van der Waals surface area (Å²) in [7, 11) is 0. The fourth-order valence-corrected chi connectivity index (χ4v) is 4.36. The number of benzene rings is 2. The Labute approximate surface area is 175 Å². The molecule has 0 bridgehead atoms. The van der Waals surface area contributed by atoms with Crippen LogP contribution in [0.4, 0.5) is 4.39 Å². The Morgan fingerprint density at radius 3 is 2.72 bits per heavy atom. The molecule has 2 aromatic carbocycles. The van der Waals surface area contributed by atoms with Crippen molar-refractivity contribution in [2.24, 2.45) is 11.1 Å². The Kier molecular flexibility index (Phi) is 6.14. The number of amides is 1. The molecule has 1 unspecified atom stereocenters. The molecule has 0 radical (unpaired) electrons. The number of rotatable bonds is 6. The Balaban J connectivity index is 1.47. The number of halogens is 2. The quantitative estimate of drug-likeness (QED) is 0.652. The lowest BCUT2D eigenvalue weighted by Crippen LogP contribution is -2.40. The molecular formula is C23H24ClFN2O2. The summed E-state index contributed by atoms with van der Waals surface area (Å²) < 4.78 is 14.1. The molecule has 1 atom stereocenters. The van der Waals surface area contributed by atoms with Gasteiger partial charge in [0.1, 0.15) is 5.82 Å². The van der Waals surface area contributed by atoms with Crippen molar-refractivity contribution in [2.45, 2.75) is 44.8 Å². The first-order valence-corrected chi connectivity index (χ1v) is 10.5. The van der Waals surface area contributed by atoms with Crippen LogP contribution in [-0.2, 0) is 16.2 Å². The molecule has 29 heavy (non-hydrogen) atoms. The third-order valence-electron chi connectivity index (χ3n) is 5.62. The van der Waals surface area contributed by atoms with E-state index in [2.05, 4.69) is 5.16 Å². The van der Waals surface area contributed by atoms with Gasteiger partial charge in [0, 0.05) is 29.5 Å². The molecule has 1 fully saturated rings. The Hall–Kier alpha value is -2.40. The first kappa shape index (κ1) is 19.9. The van der Waals surface area contributed by atoms with E-state index in [1.165, 1.54) is 6.07 Å². The molecule has 4 nitrogen and oxygen atoms in total. The molecule has 1 amide bonds. The van der Waals surface area contributed by atoms with Crippen molar-refractivity contribution >= 4 is 23.2 Å². The van der Waals surface area contributed by atoms with Crippen LogP contribution in [0.2, 0.25) is 5.02 Å². The molecule has 1 saturated carbocycles. The number of hydrogen-bond acceptors (Lipinski definition) is 3. The summed E-state index contributed by atoms with van der Waals surface area (Å²) in [6, 6.07) is 14.1. The SMILES string of the molecule is O=C(C1CCCC1)N(Cc1cccc(Cl)c1)CC1CC(c2ccccc2F)=NO1. The van der Waals surface area contributed by atoms with Crippen LogP contribution in [0, 0.1) is 11.7 Å². The second-order valence-corrected chi connectivity index (χ2v) is 8.22. The average Bonchev–Trinajstić information content (AvgIpc) is 3.40. The molecule has 2 aromatic rings. The molecule has 1 aliphatic carbocycles. The summed E-state index contributed by atoms with van der Waals surface area (Å²) in [5, 5.41) is 4.75. The van der Waals surface area contributed by atoms with Gasteiger partial charge in [-0.05, 0) is 36.6 Å². The Bertz CT molecular complexity index is 911. The van der Waals surface area contributed by atoms with Crippen LogP contribution in [0.25, 0.3) is 0 Å². The maximum atomic E-state index is 14.1. The van der Waals surface area contributed by atoms with Gasteiger partial charge in [-0.2, -0.15) is 0 Å². The van der Waals surface area contributed by atoms with Crippen molar-refractivity contribution in [3.63, 3.8) is 0 Å². The first-order valence-electron chi connectivity index (χ1n) is 10.1. The lowest BCUT2D eigenvalue weighted by atomic mass is 10.0. The van der Waals surface area contributed by atoms with E-state index < -0.39 is 0 Å². The van der Waals surface area contributed by atoms with E-state index in [9.17, 15) is 9.18 Å². The van der Waals surface area contributed by atoms with E-state index >= 15 is 0 Å². The van der Waals surface area contributed by atoms with E-state index in [1.807, 2.05) is 29.2 Å². The molecule has 0 saturated heterocycles. The summed E-state index contributed by atoms with van der Waals surface area (Å²) in [4.78, 5) is 20.6. The number of carbonyl (C=O) groups is 1. The molecule has 1 aliphatic heterocycles. The topological polar surface area (TPSA) is 41.9 Å². The molecule has 4 rings (SSSR count). The smallest absolute Gasteiger partial charge is 0.226 e. The van der Waals surface area contributed by atoms with E-state index in [-0.39, 0.29) is 23.7 Å². The maximum Gasteiger partial charge on any atom is 0.226 e. The van der Waals surface area contributed by atoms with E-state index in [0.29, 0.717) is 35.8 Å². The van der Waals surface area contributed by atoms with Crippen molar-refractivity contribution in [1.29, 1.82) is 0 Å². The van der Waals surface area contributed by atoms with Crippen LogP contribution in [0.15, 0.2) is 53.7 Å². The van der Waals surface area contributed by atoms with Gasteiger partial charge in [-0.15, -0.1) is 0 Å². The molecule has 0 N–H and O–H groups in total. The highest BCUT2D eigenvalue weighted by Gasteiger charge is 2.32. The number of carbonyl (C=O) groups excluding carboxylic acids is 1. The number of oxime groups is 1. The van der Waals surface area contributed by atoms with Gasteiger partial charge in [-0.3, -0.25) is 4.79 Å². The lowest BCUT2D eigenvalue weighted by molar-refractivity contribution is -0.137. The van der Waals surface area contributed by atoms with Crippen LogP contribution >= 0.6 is 11.6 Å². The maximum absolute atomic E-state index is 14.1. The van der Waals surface area contributed by atoms with Gasteiger partial charge in [0.15, 0.2) is 6.10 Å². The summed E-state index contributed by atoms with van der Waals surface area (Å²) in [5.74, 6) is -0.0822.